The average molecular weight is 408 g/mol. The van der Waals surface area contributed by atoms with Crippen molar-refractivity contribution in [3.05, 3.63) is 59.1 Å². The summed E-state index contributed by atoms with van der Waals surface area (Å²) in [5.74, 6) is -1.89. The maximum Gasteiger partial charge on any atom is 0.266 e. The summed E-state index contributed by atoms with van der Waals surface area (Å²) >= 11 is 5.98. The van der Waals surface area contributed by atoms with Crippen LogP contribution in [0.15, 0.2) is 53.4 Å². The number of nitrogens with zero attached hydrogens (tertiary/aromatic N) is 1. The molecule has 1 heterocycles. The maximum atomic E-state index is 13.0. The van der Waals surface area contributed by atoms with E-state index < -0.39 is 34.3 Å². The summed E-state index contributed by atoms with van der Waals surface area (Å²) in [6, 6.07) is 12.4. The molecule has 0 spiro atoms. The molecule has 2 aromatic carbocycles. The molecule has 1 aliphatic rings. The predicted molar refractivity (Wildman–Crippen MR) is 101 cm³/mol. The first-order valence-electron chi connectivity index (χ1n) is 8.20. The summed E-state index contributed by atoms with van der Waals surface area (Å²) in [7, 11) is -4.18. The Balaban J connectivity index is 1.92. The Morgan fingerprint density at radius 2 is 1.85 bits per heavy atom. The van der Waals surface area contributed by atoms with E-state index in [0.29, 0.717) is 15.0 Å². The minimum Gasteiger partial charge on any atom is -0.399 e. The molecule has 0 aromatic heterocycles. The van der Waals surface area contributed by atoms with Crippen molar-refractivity contribution in [3.8, 4) is 0 Å². The zero-order chi connectivity index (χ0) is 19.6. The molecule has 1 aliphatic heterocycles. The molecule has 0 radical (unpaired) electrons. The number of amides is 2. The van der Waals surface area contributed by atoms with Crippen molar-refractivity contribution in [2.45, 2.75) is 11.3 Å². The SMILES string of the molecule is Nc1ccc(S(=O)(=O)N2CC(=O)NCC(Cc3cccc(Cl)c3)C2=O)cc1. The highest BCUT2D eigenvalue weighted by atomic mass is 35.5. The molecular weight excluding hydrogens is 390 g/mol. The lowest BCUT2D eigenvalue weighted by Crippen LogP contribution is -2.42. The molecular formula is C18H18ClN3O4S. The quantitative estimate of drug-likeness (QED) is 0.745. The summed E-state index contributed by atoms with van der Waals surface area (Å²) < 4.78 is 26.5. The number of sulfonamides is 1. The minimum atomic E-state index is -4.18. The number of nitrogens with one attached hydrogen (secondary N) is 1. The number of rotatable bonds is 4. The Labute approximate surface area is 162 Å². The highest BCUT2D eigenvalue weighted by Crippen LogP contribution is 2.23. The third kappa shape index (κ3) is 4.23. The van der Waals surface area contributed by atoms with Crippen LogP contribution in [0.4, 0.5) is 5.69 Å². The Hall–Kier alpha value is -2.58. The van der Waals surface area contributed by atoms with Gasteiger partial charge >= 0.3 is 0 Å². The van der Waals surface area contributed by atoms with Gasteiger partial charge in [0, 0.05) is 17.3 Å². The van der Waals surface area contributed by atoms with Crippen molar-refractivity contribution in [1.82, 2.24) is 9.62 Å². The number of nitrogens with two attached hydrogens (primary N) is 1. The van der Waals surface area contributed by atoms with E-state index in [1.54, 1.807) is 24.3 Å². The van der Waals surface area contributed by atoms with Gasteiger partial charge in [0.05, 0.1) is 10.8 Å². The lowest BCUT2D eigenvalue weighted by Gasteiger charge is -2.23. The number of hydrogen-bond donors (Lipinski definition) is 2. The molecule has 9 heteroatoms. The lowest BCUT2D eigenvalue weighted by atomic mass is 9.98. The van der Waals surface area contributed by atoms with Gasteiger partial charge in [-0.2, -0.15) is 0 Å². The van der Waals surface area contributed by atoms with Gasteiger partial charge in [-0.3, -0.25) is 9.59 Å². The smallest absolute Gasteiger partial charge is 0.266 e. The van der Waals surface area contributed by atoms with Gasteiger partial charge in [0.25, 0.3) is 10.0 Å². The fourth-order valence-electron chi connectivity index (χ4n) is 2.87. The number of nitrogen functional groups attached to an aromatic ring is 1. The van der Waals surface area contributed by atoms with Crippen molar-refractivity contribution in [2.75, 3.05) is 18.8 Å². The fraction of sp³-hybridized carbons (Fsp3) is 0.222. The zero-order valence-electron chi connectivity index (χ0n) is 14.3. The molecule has 3 rings (SSSR count). The minimum absolute atomic E-state index is 0.0535. The van der Waals surface area contributed by atoms with Gasteiger partial charge in [-0.05, 0) is 48.4 Å². The van der Waals surface area contributed by atoms with Crippen molar-refractivity contribution in [1.29, 1.82) is 0 Å². The molecule has 3 N–H and O–H groups in total. The van der Waals surface area contributed by atoms with Gasteiger partial charge in [-0.15, -0.1) is 0 Å². The molecule has 0 saturated carbocycles. The Bertz CT molecular complexity index is 976. The Morgan fingerprint density at radius 1 is 1.15 bits per heavy atom. The van der Waals surface area contributed by atoms with Crippen LogP contribution in [-0.4, -0.2) is 37.6 Å². The van der Waals surface area contributed by atoms with Crippen molar-refractivity contribution < 1.29 is 18.0 Å². The van der Waals surface area contributed by atoms with E-state index in [4.69, 9.17) is 17.3 Å². The summed E-state index contributed by atoms with van der Waals surface area (Å²) in [5, 5.41) is 3.12. The van der Waals surface area contributed by atoms with Crippen LogP contribution in [0.5, 0.6) is 0 Å². The maximum absolute atomic E-state index is 13.0. The standard InChI is InChI=1S/C18H18ClN3O4S/c19-14-3-1-2-12(9-14)8-13-10-21-17(23)11-22(18(13)24)27(25,26)16-6-4-15(20)5-7-16/h1-7,9,13H,8,10-11,20H2,(H,21,23). The van der Waals surface area contributed by atoms with E-state index in [0.717, 1.165) is 5.56 Å². The van der Waals surface area contributed by atoms with E-state index in [1.807, 2.05) is 0 Å². The monoisotopic (exact) mass is 407 g/mol. The second-order valence-corrected chi connectivity index (χ2v) is 8.55. The van der Waals surface area contributed by atoms with Crippen LogP contribution in [0.25, 0.3) is 0 Å². The number of carbonyl (C=O) groups is 2. The number of halogens is 1. The summed E-state index contributed by atoms with van der Waals surface area (Å²) in [5.41, 5.74) is 6.77. The Kier molecular flexibility index (Phi) is 5.38. The third-order valence-corrected chi connectivity index (χ3v) is 6.26. The number of benzene rings is 2. The van der Waals surface area contributed by atoms with Crippen LogP contribution in [0, 0.1) is 5.92 Å². The second kappa shape index (κ2) is 7.58. The molecule has 1 unspecified atom stereocenters. The molecule has 7 nitrogen and oxygen atoms in total. The fourth-order valence-corrected chi connectivity index (χ4v) is 4.49. The van der Waals surface area contributed by atoms with Crippen LogP contribution in [0.3, 0.4) is 0 Å². The van der Waals surface area contributed by atoms with Crippen molar-refractivity contribution in [2.24, 2.45) is 5.92 Å². The summed E-state index contributed by atoms with van der Waals surface area (Å²) in [6.45, 7) is -0.504. The van der Waals surface area contributed by atoms with Crippen LogP contribution in [0.1, 0.15) is 5.56 Å². The van der Waals surface area contributed by atoms with Crippen LogP contribution in [-0.2, 0) is 26.0 Å². The third-order valence-electron chi connectivity index (χ3n) is 4.27. The number of anilines is 1. The predicted octanol–water partition coefficient (Wildman–Crippen LogP) is 1.43. The van der Waals surface area contributed by atoms with Gasteiger partial charge in [0.2, 0.25) is 11.8 Å². The molecule has 1 saturated heterocycles. The van der Waals surface area contributed by atoms with Crippen LogP contribution < -0.4 is 11.1 Å². The van der Waals surface area contributed by atoms with Gasteiger partial charge in [-0.25, -0.2) is 12.7 Å². The van der Waals surface area contributed by atoms with E-state index >= 15 is 0 Å². The first-order valence-corrected chi connectivity index (χ1v) is 10.0. The van der Waals surface area contributed by atoms with Gasteiger partial charge in [0.15, 0.2) is 0 Å². The summed E-state index contributed by atoms with van der Waals surface area (Å²) in [4.78, 5) is 24.9. The van der Waals surface area contributed by atoms with Gasteiger partial charge < -0.3 is 11.1 Å². The van der Waals surface area contributed by atoms with E-state index in [1.165, 1.54) is 24.3 Å². The highest BCUT2D eigenvalue weighted by Gasteiger charge is 2.38. The number of carbonyl (C=O) groups excluding carboxylic acids is 2. The molecule has 2 aromatic rings. The van der Waals surface area contributed by atoms with Crippen molar-refractivity contribution in [3.63, 3.8) is 0 Å². The van der Waals surface area contributed by atoms with Crippen LogP contribution >= 0.6 is 11.6 Å². The first kappa shape index (κ1) is 19.2. The molecule has 0 aliphatic carbocycles. The topological polar surface area (TPSA) is 110 Å². The summed E-state index contributed by atoms with van der Waals surface area (Å²) in [6.07, 6.45) is 0.257. The molecule has 1 atom stereocenters. The van der Waals surface area contributed by atoms with E-state index in [9.17, 15) is 18.0 Å². The molecule has 2 amide bonds. The van der Waals surface area contributed by atoms with E-state index in [-0.39, 0.29) is 17.9 Å². The van der Waals surface area contributed by atoms with Crippen molar-refractivity contribution >= 4 is 39.1 Å². The molecule has 27 heavy (non-hydrogen) atoms. The van der Waals surface area contributed by atoms with E-state index in [2.05, 4.69) is 5.32 Å². The molecule has 1 fully saturated rings. The van der Waals surface area contributed by atoms with Gasteiger partial charge in [-0.1, -0.05) is 23.7 Å². The first-order chi connectivity index (χ1) is 12.8. The highest BCUT2D eigenvalue weighted by molar-refractivity contribution is 7.89. The van der Waals surface area contributed by atoms with Gasteiger partial charge in [0.1, 0.15) is 6.54 Å². The zero-order valence-corrected chi connectivity index (χ0v) is 15.8. The lowest BCUT2D eigenvalue weighted by molar-refractivity contribution is -0.131. The average Bonchev–Trinajstić information content (AvgIpc) is 2.76. The molecule has 0 bridgehead atoms. The van der Waals surface area contributed by atoms with Crippen LogP contribution in [0.2, 0.25) is 5.02 Å². The normalized spacial score (nSPS) is 18.1. The Morgan fingerprint density at radius 3 is 2.52 bits per heavy atom. The molecule has 142 valence electrons. The largest absolute Gasteiger partial charge is 0.399 e. The second-order valence-electron chi connectivity index (χ2n) is 6.25. The number of hydrogen-bond acceptors (Lipinski definition) is 5.